The van der Waals surface area contributed by atoms with Crippen molar-refractivity contribution in [3.63, 3.8) is 0 Å². The Morgan fingerprint density at radius 2 is 1.73 bits per heavy atom. The molecule has 33 heavy (non-hydrogen) atoms. The highest BCUT2D eigenvalue weighted by Gasteiger charge is 2.40. The van der Waals surface area contributed by atoms with Crippen molar-refractivity contribution in [1.82, 2.24) is 14.7 Å². The third kappa shape index (κ3) is 4.40. The number of benzene rings is 1. The third-order valence-electron chi connectivity index (χ3n) is 6.16. The van der Waals surface area contributed by atoms with Crippen molar-refractivity contribution >= 4 is 29.5 Å². The summed E-state index contributed by atoms with van der Waals surface area (Å²) in [5.41, 5.74) is 0.625. The first-order valence-electron chi connectivity index (χ1n) is 11.3. The maximum atomic E-state index is 13.0. The van der Waals surface area contributed by atoms with Crippen LogP contribution >= 0.6 is 0 Å². The molecule has 0 radical (unpaired) electrons. The first kappa shape index (κ1) is 22.7. The van der Waals surface area contributed by atoms with E-state index < -0.39 is 18.0 Å². The molecule has 9 heteroatoms. The van der Waals surface area contributed by atoms with Gasteiger partial charge in [-0.25, -0.2) is 9.48 Å². The molecular weight excluding hydrogens is 424 g/mol. The number of carbonyl (C=O) groups excluding carboxylic acids is 4. The van der Waals surface area contributed by atoms with Gasteiger partial charge < -0.3 is 10.1 Å². The fourth-order valence-electron chi connectivity index (χ4n) is 4.39. The summed E-state index contributed by atoms with van der Waals surface area (Å²) < 4.78 is 6.97. The predicted molar refractivity (Wildman–Crippen MR) is 120 cm³/mol. The van der Waals surface area contributed by atoms with Crippen LogP contribution in [0.1, 0.15) is 90.0 Å². The van der Waals surface area contributed by atoms with Crippen molar-refractivity contribution in [2.45, 2.75) is 71.1 Å². The normalized spacial score (nSPS) is 17.3. The average Bonchev–Trinajstić information content (AvgIpc) is 3.36. The van der Waals surface area contributed by atoms with E-state index in [1.54, 1.807) is 16.9 Å². The molecule has 1 aliphatic carbocycles. The van der Waals surface area contributed by atoms with Crippen LogP contribution in [-0.2, 0) is 9.53 Å². The van der Waals surface area contributed by atoms with Crippen LogP contribution in [0.25, 0.3) is 0 Å². The largest absolute Gasteiger partial charge is 0.449 e. The number of esters is 1. The van der Waals surface area contributed by atoms with Crippen LogP contribution in [0.4, 0.5) is 5.82 Å². The minimum absolute atomic E-state index is 0.0491. The van der Waals surface area contributed by atoms with Gasteiger partial charge in [-0.15, -0.1) is 0 Å². The first-order chi connectivity index (χ1) is 15.8. The number of fused-ring (bicyclic) bond motifs is 1. The van der Waals surface area contributed by atoms with Gasteiger partial charge in [0, 0.05) is 18.2 Å². The van der Waals surface area contributed by atoms with Gasteiger partial charge in [0.25, 0.3) is 17.7 Å². The molecule has 0 spiro atoms. The second-order valence-electron chi connectivity index (χ2n) is 8.82. The number of rotatable bonds is 6. The molecule has 2 heterocycles. The third-order valence-corrected chi connectivity index (χ3v) is 6.16. The van der Waals surface area contributed by atoms with Gasteiger partial charge in [0.05, 0.1) is 22.9 Å². The summed E-state index contributed by atoms with van der Waals surface area (Å²) in [5.74, 6) is -1.42. The SMILES string of the molecule is CC(C)n1nccc1NC(=O)[C@H](C)OC(=O)c1ccc2c(c1)C(=O)N(C1CCCCC1)C2=O. The molecule has 1 aromatic carbocycles. The highest BCUT2D eigenvalue weighted by molar-refractivity contribution is 6.22. The standard InChI is InChI=1S/C24H28N4O5/c1-14(2)28-20(11-12-25-28)26-21(29)15(3)33-24(32)16-9-10-18-19(13-16)23(31)27(22(18)30)17-7-5-4-6-8-17/h9-15,17H,4-8H2,1-3H3,(H,26,29)/t15-/m0/s1. The highest BCUT2D eigenvalue weighted by atomic mass is 16.5. The van der Waals surface area contributed by atoms with Crippen molar-refractivity contribution in [1.29, 1.82) is 0 Å². The molecule has 2 aliphatic rings. The van der Waals surface area contributed by atoms with Gasteiger partial charge in [0.1, 0.15) is 5.82 Å². The Hall–Kier alpha value is -3.49. The van der Waals surface area contributed by atoms with Gasteiger partial charge in [-0.05, 0) is 51.8 Å². The molecule has 1 fully saturated rings. The summed E-state index contributed by atoms with van der Waals surface area (Å²) in [6, 6.07) is 5.95. The van der Waals surface area contributed by atoms with E-state index in [1.165, 1.54) is 30.0 Å². The minimum Gasteiger partial charge on any atom is -0.449 e. The van der Waals surface area contributed by atoms with Crippen LogP contribution in [0, 0.1) is 0 Å². The van der Waals surface area contributed by atoms with Crippen LogP contribution in [0.5, 0.6) is 0 Å². The minimum atomic E-state index is -1.07. The molecule has 174 valence electrons. The van der Waals surface area contributed by atoms with E-state index in [0.29, 0.717) is 11.4 Å². The van der Waals surface area contributed by atoms with Gasteiger partial charge in [-0.1, -0.05) is 19.3 Å². The molecule has 4 rings (SSSR count). The van der Waals surface area contributed by atoms with E-state index in [1.807, 2.05) is 13.8 Å². The molecule has 1 aromatic heterocycles. The number of hydrogen-bond donors (Lipinski definition) is 1. The molecule has 1 saturated carbocycles. The van der Waals surface area contributed by atoms with Crippen LogP contribution in [0.2, 0.25) is 0 Å². The lowest BCUT2D eigenvalue weighted by Gasteiger charge is -2.29. The quantitative estimate of drug-likeness (QED) is 0.530. The second kappa shape index (κ2) is 9.17. The molecule has 9 nitrogen and oxygen atoms in total. The summed E-state index contributed by atoms with van der Waals surface area (Å²) in [4.78, 5) is 52.3. The fourth-order valence-corrected chi connectivity index (χ4v) is 4.39. The number of carbonyl (C=O) groups is 4. The number of anilines is 1. The molecule has 2 aromatic rings. The predicted octanol–water partition coefficient (Wildman–Crippen LogP) is 3.58. The molecule has 0 unspecified atom stereocenters. The van der Waals surface area contributed by atoms with Gasteiger partial charge in [-0.3, -0.25) is 19.3 Å². The topological polar surface area (TPSA) is 111 Å². The molecule has 1 N–H and O–H groups in total. The Morgan fingerprint density at radius 1 is 1.03 bits per heavy atom. The van der Waals surface area contributed by atoms with E-state index in [2.05, 4.69) is 10.4 Å². The van der Waals surface area contributed by atoms with Crippen molar-refractivity contribution in [2.24, 2.45) is 0 Å². The smallest absolute Gasteiger partial charge is 0.338 e. The summed E-state index contributed by atoms with van der Waals surface area (Å²) in [6.07, 6.45) is 5.22. The lowest BCUT2D eigenvalue weighted by Crippen LogP contribution is -2.40. The number of imide groups is 1. The number of hydrogen-bond acceptors (Lipinski definition) is 6. The number of amides is 3. The molecule has 3 amide bonds. The van der Waals surface area contributed by atoms with Gasteiger partial charge in [0.2, 0.25) is 0 Å². The van der Waals surface area contributed by atoms with E-state index in [4.69, 9.17) is 4.74 Å². The molecule has 1 atom stereocenters. The van der Waals surface area contributed by atoms with E-state index in [0.717, 1.165) is 32.1 Å². The van der Waals surface area contributed by atoms with Crippen LogP contribution in [0.3, 0.4) is 0 Å². The number of ether oxygens (including phenoxy) is 1. The van der Waals surface area contributed by atoms with Crippen molar-refractivity contribution in [3.05, 3.63) is 47.2 Å². The number of aromatic nitrogens is 2. The molecular formula is C24H28N4O5. The van der Waals surface area contributed by atoms with Crippen molar-refractivity contribution < 1.29 is 23.9 Å². The zero-order chi connectivity index (χ0) is 23.7. The van der Waals surface area contributed by atoms with Crippen LogP contribution in [0.15, 0.2) is 30.5 Å². The van der Waals surface area contributed by atoms with E-state index in [9.17, 15) is 19.2 Å². The Bertz CT molecular complexity index is 1100. The van der Waals surface area contributed by atoms with Gasteiger partial charge >= 0.3 is 5.97 Å². The zero-order valence-corrected chi connectivity index (χ0v) is 19.0. The monoisotopic (exact) mass is 452 g/mol. The lowest BCUT2D eigenvalue weighted by molar-refractivity contribution is -0.123. The average molecular weight is 453 g/mol. The molecule has 0 bridgehead atoms. The van der Waals surface area contributed by atoms with E-state index in [-0.39, 0.29) is 35.0 Å². The molecule has 1 aliphatic heterocycles. The first-order valence-corrected chi connectivity index (χ1v) is 11.3. The zero-order valence-electron chi connectivity index (χ0n) is 19.0. The van der Waals surface area contributed by atoms with Crippen LogP contribution < -0.4 is 5.32 Å². The number of nitrogens with one attached hydrogen (secondary N) is 1. The maximum absolute atomic E-state index is 13.0. The lowest BCUT2D eigenvalue weighted by atomic mass is 9.94. The van der Waals surface area contributed by atoms with E-state index >= 15 is 0 Å². The Kier molecular flexibility index (Phi) is 6.31. The second-order valence-corrected chi connectivity index (χ2v) is 8.82. The Balaban J connectivity index is 1.44. The summed E-state index contributed by atoms with van der Waals surface area (Å²) in [5, 5.41) is 6.86. The highest BCUT2D eigenvalue weighted by Crippen LogP contribution is 2.31. The van der Waals surface area contributed by atoms with Crippen molar-refractivity contribution in [3.8, 4) is 0 Å². The van der Waals surface area contributed by atoms with Crippen LogP contribution in [-0.4, -0.2) is 50.5 Å². The fraction of sp³-hybridized carbons (Fsp3) is 0.458. The maximum Gasteiger partial charge on any atom is 0.338 e. The summed E-state index contributed by atoms with van der Waals surface area (Å²) in [6.45, 7) is 5.33. The summed E-state index contributed by atoms with van der Waals surface area (Å²) in [7, 11) is 0. The van der Waals surface area contributed by atoms with Gasteiger partial charge in [0.15, 0.2) is 6.10 Å². The summed E-state index contributed by atoms with van der Waals surface area (Å²) >= 11 is 0. The Morgan fingerprint density at radius 3 is 2.42 bits per heavy atom. The number of nitrogens with zero attached hydrogens (tertiary/aromatic N) is 3. The molecule has 0 saturated heterocycles. The van der Waals surface area contributed by atoms with Crippen molar-refractivity contribution in [2.75, 3.05) is 5.32 Å². The Labute approximate surface area is 192 Å². The van der Waals surface area contributed by atoms with Gasteiger partial charge in [-0.2, -0.15) is 5.10 Å².